The fraction of sp³-hybridized carbons (Fsp3) is 0.259. The Morgan fingerprint density at radius 3 is 2.37 bits per heavy atom. The lowest BCUT2D eigenvalue weighted by Gasteiger charge is -2.23. The van der Waals surface area contributed by atoms with Crippen LogP contribution in [0.25, 0.3) is 0 Å². The normalized spacial score (nSPS) is 17.9. The molecule has 3 aromatic carbocycles. The molecule has 2 aliphatic rings. The molecule has 0 aliphatic carbocycles. The molecule has 35 heavy (non-hydrogen) atoms. The van der Waals surface area contributed by atoms with Crippen molar-refractivity contribution in [1.82, 2.24) is 4.31 Å². The molecule has 1 fully saturated rings. The number of para-hydroxylation sites is 1. The molecule has 1 atom stereocenters. The van der Waals surface area contributed by atoms with E-state index in [-0.39, 0.29) is 16.7 Å². The van der Waals surface area contributed by atoms with E-state index in [1.54, 1.807) is 53.4 Å². The van der Waals surface area contributed by atoms with E-state index in [9.17, 15) is 18.0 Å². The van der Waals surface area contributed by atoms with Gasteiger partial charge in [0.05, 0.1) is 4.90 Å². The Hall–Kier alpha value is -3.49. The van der Waals surface area contributed by atoms with Gasteiger partial charge >= 0.3 is 0 Å². The number of fused-ring (bicyclic) bond motifs is 1. The number of carbonyl (C=O) groups is 2. The predicted molar refractivity (Wildman–Crippen MR) is 135 cm³/mol. The highest BCUT2D eigenvalue weighted by Crippen LogP contribution is 2.30. The van der Waals surface area contributed by atoms with Crippen molar-refractivity contribution in [3.63, 3.8) is 0 Å². The summed E-state index contributed by atoms with van der Waals surface area (Å²) in [7, 11) is -3.77. The van der Waals surface area contributed by atoms with Crippen molar-refractivity contribution in [2.24, 2.45) is 0 Å². The van der Waals surface area contributed by atoms with Gasteiger partial charge in [-0.25, -0.2) is 8.42 Å². The van der Waals surface area contributed by atoms with Crippen LogP contribution >= 0.6 is 0 Å². The molecular weight excluding hydrogens is 462 g/mol. The van der Waals surface area contributed by atoms with Crippen molar-refractivity contribution in [1.29, 1.82) is 0 Å². The number of rotatable bonds is 5. The molecular formula is C27H27N3O4S. The van der Waals surface area contributed by atoms with Gasteiger partial charge in [-0.05, 0) is 74.2 Å². The van der Waals surface area contributed by atoms with E-state index in [1.165, 1.54) is 4.31 Å². The lowest BCUT2D eigenvalue weighted by atomic mass is 10.1. The number of aryl methyl sites for hydroxylation is 1. The molecule has 0 aromatic heterocycles. The SMILES string of the molecule is Cc1ccc(S(=O)(=O)N2CCC[C@H]2C(=O)Nc2ccc(C(=O)N3CCc4ccccc43)cc2)cc1. The van der Waals surface area contributed by atoms with E-state index in [0.717, 1.165) is 23.2 Å². The first-order chi connectivity index (χ1) is 16.8. The van der Waals surface area contributed by atoms with Crippen molar-refractivity contribution in [2.45, 2.75) is 37.1 Å². The molecule has 5 rings (SSSR count). The summed E-state index contributed by atoms with van der Waals surface area (Å²) in [6.07, 6.45) is 1.91. The van der Waals surface area contributed by atoms with Gasteiger partial charge in [0.2, 0.25) is 15.9 Å². The molecule has 1 N–H and O–H groups in total. The molecule has 3 aromatic rings. The van der Waals surface area contributed by atoms with E-state index in [1.807, 2.05) is 31.2 Å². The molecule has 2 amide bonds. The topological polar surface area (TPSA) is 86.8 Å². The molecule has 7 nitrogen and oxygen atoms in total. The number of amides is 2. The maximum absolute atomic E-state index is 13.1. The third-order valence-corrected chi connectivity index (χ3v) is 8.59. The van der Waals surface area contributed by atoms with Crippen LogP contribution in [0.1, 0.15) is 34.3 Å². The maximum Gasteiger partial charge on any atom is 0.258 e. The van der Waals surface area contributed by atoms with Crippen molar-refractivity contribution in [3.8, 4) is 0 Å². The highest BCUT2D eigenvalue weighted by molar-refractivity contribution is 7.89. The maximum atomic E-state index is 13.1. The largest absolute Gasteiger partial charge is 0.325 e. The standard InChI is InChI=1S/C27H27N3O4S/c1-19-8-14-23(15-9-19)35(33,34)30-17-4-7-25(30)26(31)28-22-12-10-21(11-13-22)27(32)29-18-16-20-5-2-3-6-24(20)29/h2-3,5-6,8-15,25H,4,7,16-18H2,1H3,(H,28,31)/t25-/m0/s1. The summed E-state index contributed by atoms with van der Waals surface area (Å²) in [6.45, 7) is 2.84. The smallest absolute Gasteiger partial charge is 0.258 e. The van der Waals surface area contributed by atoms with Crippen LogP contribution in [0.5, 0.6) is 0 Å². The summed E-state index contributed by atoms with van der Waals surface area (Å²) in [5.74, 6) is -0.454. The van der Waals surface area contributed by atoms with Crippen molar-refractivity contribution >= 4 is 33.2 Å². The average Bonchev–Trinajstić information content (AvgIpc) is 3.53. The zero-order chi connectivity index (χ0) is 24.6. The van der Waals surface area contributed by atoms with Crippen molar-refractivity contribution in [3.05, 3.63) is 89.5 Å². The molecule has 0 radical (unpaired) electrons. The van der Waals surface area contributed by atoms with E-state index < -0.39 is 16.1 Å². The Labute approximate surface area is 205 Å². The molecule has 0 unspecified atom stereocenters. The van der Waals surface area contributed by atoms with E-state index in [2.05, 4.69) is 5.32 Å². The van der Waals surface area contributed by atoms with Gasteiger partial charge in [0.25, 0.3) is 5.91 Å². The Morgan fingerprint density at radius 2 is 1.63 bits per heavy atom. The minimum atomic E-state index is -3.77. The van der Waals surface area contributed by atoms with E-state index >= 15 is 0 Å². The second kappa shape index (κ2) is 9.28. The summed E-state index contributed by atoms with van der Waals surface area (Å²) in [6, 6.07) is 20.5. The molecule has 180 valence electrons. The van der Waals surface area contributed by atoms with Crippen molar-refractivity contribution < 1.29 is 18.0 Å². The predicted octanol–water partition coefficient (Wildman–Crippen LogP) is 3.99. The summed E-state index contributed by atoms with van der Waals surface area (Å²) in [4.78, 5) is 28.0. The first-order valence-corrected chi connectivity index (χ1v) is 13.2. The number of hydrogen-bond acceptors (Lipinski definition) is 4. The van der Waals surface area contributed by atoms with Gasteiger partial charge in [-0.3, -0.25) is 9.59 Å². The number of nitrogens with zero attached hydrogens (tertiary/aromatic N) is 2. The second-order valence-corrected chi connectivity index (χ2v) is 10.9. The van der Waals surface area contributed by atoms with Crippen LogP contribution in [0, 0.1) is 6.92 Å². The van der Waals surface area contributed by atoms with Gasteiger partial charge in [0.15, 0.2) is 0 Å². The molecule has 2 aliphatic heterocycles. The quantitative estimate of drug-likeness (QED) is 0.587. The highest BCUT2D eigenvalue weighted by Gasteiger charge is 2.39. The first-order valence-electron chi connectivity index (χ1n) is 11.7. The van der Waals surface area contributed by atoms with Crippen LogP contribution in [-0.2, 0) is 21.2 Å². The molecule has 8 heteroatoms. The summed E-state index contributed by atoms with van der Waals surface area (Å²) < 4.78 is 27.6. The Kier molecular flexibility index (Phi) is 6.17. The van der Waals surface area contributed by atoms with Crippen molar-refractivity contribution in [2.75, 3.05) is 23.3 Å². The van der Waals surface area contributed by atoms with Gasteiger partial charge in [0, 0.05) is 30.0 Å². The molecule has 0 saturated carbocycles. The fourth-order valence-electron chi connectivity index (χ4n) is 4.76. The molecule has 2 heterocycles. The lowest BCUT2D eigenvalue weighted by molar-refractivity contribution is -0.119. The van der Waals surface area contributed by atoms with Gasteiger partial charge in [-0.15, -0.1) is 0 Å². The number of anilines is 2. The second-order valence-electron chi connectivity index (χ2n) is 8.99. The van der Waals surface area contributed by atoms with Crippen LogP contribution < -0.4 is 10.2 Å². The number of sulfonamides is 1. The molecule has 1 saturated heterocycles. The zero-order valence-electron chi connectivity index (χ0n) is 19.5. The van der Waals surface area contributed by atoms with Crippen LogP contribution in [0.2, 0.25) is 0 Å². The Morgan fingerprint density at radius 1 is 0.914 bits per heavy atom. The van der Waals surface area contributed by atoms with Crippen LogP contribution in [0.4, 0.5) is 11.4 Å². The highest BCUT2D eigenvalue weighted by atomic mass is 32.2. The molecule has 0 spiro atoms. The monoisotopic (exact) mass is 489 g/mol. The lowest BCUT2D eigenvalue weighted by Crippen LogP contribution is -2.43. The zero-order valence-corrected chi connectivity index (χ0v) is 20.3. The number of hydrogen-bond donors (Lipinski definition) is 1. The minimum Gasteiger partial charge on any atom is -0.325 e. The van der Waals surface area contributed by atoms with Gasteiger partial charge < -0.3 is 10.2 Å². The van der Waals surface area contributed by atoms with E-state index in [4.69, 9.17) is 0 Å². The van der Waals surface area contributed by atoms with Crippen LogP contribution in [0.3, 0.4) is 0 Å². The van der Waals surface area contributed by atoms with Crippen LogP contribution in [-0.4, -0.2) is 43.7 Å². The average molecular weight is 490 g/mol. The molecule has 0 bridgehead atoms. The minimum absolute atomic E-state index is 0.0843. The van der Waals surface area contributed by atoms with Crippen LogP contribution in [0.15, 0.2) is 77.7 Å². The Balaban J connectivity index is 1.28. The first kappa shape index (κ1) is 23.3. The number of carbonyl (C=O) groups excluding carboxylic acids is 2. The van der Waals surface area contributed by atoms with Gasteiger partial charge in [-0.2, -0.15) is 4.31 Å². The van der Waals surface area contributed by atoms with Gasteiger partial charge in [0.1, 0.15) is 6.04 Å². The third-order valence-electron chi connectivity index (χ3n) is 6.67. The third kappa shape index (κ3) is 4.47. The van der Waals surface area contributed by atoms with E-state index in [0.29, 0.717) is 37.2 Å². The number of benzene rings is 3. The van der Waals surface area contributed by atoms with Gasteiger partial charge in [-0.1, -0.05) is 35.9 Å². The number of nitrogens with one attached hydrogen (secondary N) is 1. The summed E-state index contributed by atoms with van der Waals surface area (Å²) >= 11 is 0. The fourth-order valence-corrected chi connectivity index (χ4v) is 6.42. The summed E-state index contributed by atoms with van der Waals surface area (Å²) in [5, 5.41) is 2.83. The summed E-state index contributed by atoms with van der Waals surface area (Å²) in [5.41, 5.74) is 4.12. The Bertz CT molecular complexity index is 1370.